The molecule has 0 bridgehead atoms. The van der Waals surface area contributed by atoms with Crippen LogP contribution in [0, 0.1) is 0 Å². The highest BCUT2D eigenvalue weighted by Crippen LogP contribution is 2.27. The van der Waals surface area contributed by atoms with Crippen LogP contribution in [0.2, 0.25) is 0 Å². The van der Waals surface area contributed by atoms with Crippen molar-refractivity contribution in [2.75, 3.05) is 7.05 Å². The molecule has 1 aliphatic heterocycles. The summed E-state index contributed by atoms with van der Waals surface area (Å²) in [5, 5.41) is 4.70. The molecule has 1 amide bonds. The third-order valence-corrected chi connectivity index (χ3v) is 5.49. The molecule has 0 radical (unpaired) electrons. The number of nitrogens with zero attached hydrogens (tertiary/aromatic N) is 2. The second-order valence-electron chi connectivity index (χ2n) is 7.64. The minimum absolute atomic E-state index is 0.162. The number of aromatic nitrogens is 1. The Hall–Kier alpha value is -2.59. The first-order valence-corrected chi connectivity index (χ1v) is 9.12. The standard InChI is InChI=1S/C22H25N3O/c1-22(2)23-19(21(26)24(22)3)13-17-15-25(14-16-9-5-4-6-10-16)20-12-8-7-11-18(17)20/h4-12,15,19,23H,13-14H2,1-3H3/t19-/m0/s1. The van der Waals surface area contributed by atoms with E-state index in [1.54, 1.807) is 4.90 Å². The Labute approximate surface area is 154 Å². The highest BCUT2D eigenvalue weighted by Gasteiger charge is 2.41. The van der Waals surface area contributed by atoms with Gasteiger partial charge in [-0.3, -0.25) is 10.1 Å². The Kier molecular flexibility index (Phi) is 4.08. The molecule has 1 fully saturated rings. The van der Waals surface area contributed by atoms with Crippen molar-refractivity contribution in [1.82, 2.24) is 14.8 Å². The van der Waals surface area contributed by atoms with Crippen LogP contribution in [0.1, 0.15) is 25.0 Å². The van der Waals surface area contributed by atoms with Gasteiger partial charge in [0.2, 0.25) is 5.91 Å². The highest BCUT2D eigenvalue weighted by atomic mass is 16.2. The molecular formula is C22H25N3O. The summed E-state index contributed by atoms with van der Waals surface area (Å²) in [6.07, 6.45) is 2.91. The van der Waals surface area contributed by atoms with Crippen molar-refractivity contribution in [2.45, 2.75) is 38.5 Å². The summed E-state index contributed by atoms with van der Waals surface area (Å²) in [5.41, 5.74) is 3.40. The fraction of sp³-hybridized carbons (Fsp3) is 0.318. The van der Waals surface area contributed by atoms with Crippen LogP contribution < -0.4 is 5.32 Å². The van der Waals surface area contributed by atoms with Gasteiger partial charge in [0.05, 0.1) is 11.7 Å². The van der Waals surface area contributed by atoms with Gasteiger partial charge in [0, 0.05) is 30.7 Å². The quantitative estimate of drug-likeness (QED) is 0.785. The average molecular weight is 347 g/mol. The maximum absolute atomic E-state index is 12.6. The number of para-hydroxylation sites is 1. The summed E-state index contributed by atoms with van der Waals surface area (Å²) in [6.45, 7) is 4.92. The Morgan fingerprint density at radius 3 is 2.42 bits per heavy atom. The van der Waals surface area contributed by atoms with Crippen LogP contribution in [0.25, 0.3) is 10.9 Å². The van der Waals surface area contributed by atoms with E-state index in [0.717, 1.165) is 6.54 Å². The first kappa shape index (κ1) is 16.9. The lowest BCUT2D eigenvalue weighted by Crippen LogP contribution is -2.45. The summed E-state index contributed by atoms with van der Waals surface area (Å²) < 4.78 is 2.29. The van der Waals surface area contributed by atoms with Gasteiger partial charge in [0.15, 0.2) is 0 Å². The average Bonchev–Trinajstić information content (AvgIpc) is 3.07. The fourth-order valence-corrected chi connectivity index (χ4v) is 3.85. The molecule has 1 N–H and O–H groups in total. The SMILES string of the molecule is CN1C(=O)[C@H](Cc2cn(Cc3ccccc3)c3ccccc23)NC1(C)C. The van der Waals surface area contributed by atoms with Crippen molar-refractivity contribution < 1.29 is 4.79 Å². The number of likely N-dealkylation sites (N-methyl/N-ethyl adjacent to an activating group) is 1. The fourth-order valence-electron chi connectivity index (χ4n) is 3.85. The van der Waals surface area contributed by atoms with Crippen LogP contribution in [0.4, 0.5) is 0 Å². The number of hydrogen-bond acceptors (Lipinski definition) is 2. The molecule has 1 saturated heterocycles. The van der Waals surface area contributed by atoms with Crippen LogP contribution in [0.3, 0.4) is 0 Å². The smallest absolute Gasteiger partial charge is 0.241 e. The molecule has 1 aromatic heterocycles. The third-order valence-electron chi connectivity index (χ3n) is 5.49. The summed E-state index contributed by atoms with van der Waals surface area (Å²) in [4.78, 5) is 14.4. The van der Waals surface area contributed by atoms with E-state index in [2.05, 4.69) is 64.6 Å². The predicted octanol–water partition coefficient (Wildman–Crippen LogP) is 3.40. The molecule has 134 valence electrons. The van der Waals surface area contributed by atoms with Gasteiger partial charge in [0.1, 0.15) is 0 Å². The molecule has 1 aliphatic rings. The third kappa shape index (κ3) is 2.90. The van der Waals surface area contributed by atoms with Crippen molar-refractivity contribution in [3.05, 3.63) is 71.9 Å². The maximum atomic E-state index is 12.6. The van der Waals surface area contributed by atoms with Gasteiger partial charge in [0.25, 0.3) is 0 Å². The lowest BCUT2D eigenvalue weighted by Gasteiger charge is -2.27. The number of benzene rings is 2. The minimum Gasteiger partial charge on any atom is -0.343 e. The van der Waals surface area contributed by atoms with Crippen LogP contribution >= 0.6 is 0 Å². The number of rotatable bonds is 4. The molecule has 2 heterocycles. The molecule has 2 aromatic carbocycles. The minimum atomic E-state index is -0.301. The molecule has 26 heavy (non-hydrogen) atoms. The Balaban J connectivity index is 1.67. The maximum Gasteiger partial charge on any atom is 0.241 e. The molecule has 0 aliphatic carbocycles. The van der Waals surface area contributed by atoms with Crippen LogP contribution in [0.15, 0.2) is 60.8 Å². The van der Waals surface area contributed by atoms with Gasteiger partial charge >= 0.3 is 0 Å². The Bertz CT molecular complexity index is 942. The Morgan fingerprint density at radius 1 is 1.04 bits per heavy atom. The molecule has 0 saturated carbocycles. The molecule has 1 atom stereocenters. The van der Waals surface area contributed by atoms with E-state index in [4.69, 9.17) is 0 Å². The first-order chi connectivity index (χ1) is 12.5. The molecule has 3 aromatic rings. The number of fused-ring (bicyclic) bond motifs is 1. The van der Waals surface area contributed by atoms with E-state index in [-0.39, 0.29) is 17.6 Å². The van der Waals surface area contributed by atoms with E-state index in [1.807, 2.05) is 27.0 Å². The zero-order valence-electron chi connectivity index (χ0n) is 15.6. The molecule has 0 unspecified atom stereocenters. The van der Waals surface area contributed by atoms with Gasteiger partial charge < -0.3 is 9.47 Å². The second-order valence-corrected chi connectivity index (χ2v) is 7.64. The number of nitrogens with one attached hydrogen (secondary N) is 1. The predicted molar refractivity (Wildman–Crippen MR) is 105 cm³/mol. The molecule has 4 nitrogen and oxygen atoms in total. The van der Waals surface area contributed by atoms with Gasteiger partial charge in [-0.15, -0.1) is 0 Å². The summed E-state index contributed by atoms with van der Waals surface area (Å²) in [7, 11) is 1.87. The molecular weight excluding hydrogens is 322 g/mol. The number of carbonyl (C=O) groups is 1. The van der Waals surface area contributed by atoms with E-state index >= 15 is 0 Å². The molecule has 0 spiro atoms. The summed E-state index contributed by atoms with van der Waals surface area (Å²) in [6, 6.07) is 18.7. The zero-order chi connectivity index (χ0) is 18.3. The van der Waals surface area contributed by atoms with Crippen LogP contribution in [0.5, 0.6) is 0 Å². The van der Waals surface area contributed by atoms with Crippen molar-refractivity contribution in [1.29, 1.82) is 0 Å². The first-order valence-electron chi connectivity index (χ1n) is 9.12. The summed E-state index contributed by atoms with van der Waals surface area (Å²) >= 11 is 0. The second kappa shape index (κ2) is 6.29. The van der Waals surface area contributed by atoms with Gasteiger partial charge in [-0.25, -0.2) is 0 Å². The molecule has 4 rings (SSSR count). The van der Waals surface area contributed by atoms with Gasteiger partial charge in [-0.05, 0) is 37.5 Å². The van der Waals surface area contributed by atoms with Crippen molar-refractivity contribution in [3.63, 3.8) is 0 Å². The number of amides is 1. The van der Waals surface area contributed by atoms with Gasteiger partial charge in [-0.2, -0.15) is 0 Å². The largest absolute Gasteiger partial charge is 0.343 e. The summed E-state index contributed by atoms with van der Waals surface area (Å²) in [5.74, 6) is 0.162. The van der Waals surface area contributed by atoms with E-state index in [1.165, 1.54) is 22.0 Å². The monoisotopic (exact) mass is 347 g/mol. The van der Waals surface area contributed by atoms with Crippen molar-refractivity contribution >= 4 is 16.8 Å². The molecule has 4 heteroatoms. The van der Waals surface area contributed by atoms with Crippen LogP contribution in [-0.4, -0.2) is 34.1 Å². The lowest BCUT2D eigenvalue weighted by molar-refractivity contribution is -0.129. The normalized spacial score (nSPS) is 19.4. The van der Waals surface area contributed by atoms with Crippen molar-refractivity contribution in [3.8, 4) is 0 Å². The van der Waals surface area contributed by atoms with Gasteiger partial charge in [-0.1, -0.05) is 48.5 Å². The Morgan fingerprint density at radius 2 is 1.73 bits per heavy atom. The van der Waals surface area contributed by atoms with E-state index < -0.39 is 0 Å². The zero-order valence-corrected chi connectivity index (χ0v) is 15.6. The topological polar surface area (TPSA) is 37.3 Å². The number of hydrogen-bond donors (Lipinski definition) is 1. The van der Waals surface area contributed by atoms with E-state index in [0.29, 0.717) is 6.42 Å². The highest BCUT2D eigenvalue weighted by molar-refractivity contribution is 5.88. The number of carbonyl (C=O) groups excluding carboxylic acids is 1. The van der Waals surface area contributed by atoms with Crippen LogP contribution in [-0.2, 0) is 17.8 Å². The van der Waals surface area contributed by atoms with E-state index in [9.17, 15) is 4.79 Å². The lowest BCUT2D eigenvalue weighted by atomic mass is 10.1. The van der Waals surface area contributed by atoms with Crippen molar-refractivity contribution in [2.24, 2.45) is 0 Å².